The minimum atomic E-state index is -1.21. The third-order valence-electron chi connectivity index (χ3n) is 6.88. The highest BCUT2D eigenvalue weighted by atomic mass is 16.4. The molecule has 0 fully saturated rings. The molecule has 3 aromatic carbocycles. The van der Waals surface area contributed by atoms with E-state index in [0.717, 1.165) is 33.9 Å². The third kappa shape index (κ3) is 4.64. The van der Waals surface area contributed by atoms with Crippen LogP contribution in [0.4, 0.5) is 0 Å². The molecular formula is C31H26N2O6. The van der Waals surface area contributed by atoms with E-state index < -0.39 is 11.9 Å². The number of phenolic OH excluding ortho intramolecular Hbond substituents is 1. The number of benzene rings is 3. The molecule has 196 valence electrons. The molecule has 8 heteroatoms. The monoisotopic (exact) mass is 522 g/mol. The van der Waals surface area contributed by atoms with E-state index in [1.165, 1.54) is 24.3 Å². The van der Waals surface area contributed by atoms with Crippen molar-refractivity contribution in [3.8, 4) is 34.1 Å². The van der Waals surface area contributed by atoms with Gasteiger partial charge in [0.15, 0.2) is 0 Å². The van der Waals surface area contributed by atoms with Gasteiger partial charge in [-0.05, 0) is 73.5 Å². The van der Waals surface area contributed by atoms with Crippen molar-refractivity contribution in [2.45, 2.75) is 20.3 Å². The number of hydrogen-bond acceptors (Lipinski definition) is 4. The SMILES string of the molecule is Cc1ccc(Cc2cc(-c3ccccc3)n(-c3ccc(C(=O)O)c(O)c3)c2C)n1-c1ccc(C(=O)O)cc1O. The van der Waals surface area contributed by atoms with Crippen molar-refractivity contribution in [3.63, 3.8) is 0 Å². The molecule has 0 saturated carbocycles. The van der Waals surface area contributed by atoms with E-state index in [1.54, 1.807) is 12.1 Å². The number of phenols is 2. The van der Waals surface area contributed by atoms with E-state index in [9.17, 15) is 30.0 Å². The second-order valence-corrected chi connectivity index (χ2v) is 9.34. The molecule has 4 N–H and O–H groups in total. The lowest BCUT2D eigenvalue weighted by Gasteiger charge is -2.15. The van der Waals surface area contributed by atoms with Crippen molar-refractivity contribution in [2.75, 3.05) is 0 Å². The summed E-state index contributed by atoms with van der Waals surface area (Å²) in [7, 11) is 0. The third-order valence-corrected chi connectivity index (χ3v) is 6.88. The van der Waals surface area contributed by atoms with Gasteiger partial charge in [-0.25, -0.2) is 9.59 Å². The Labute approximate surface area is 224 Å². The molecule has 0 aliphatic carbocycles. The zero-order valence-corrected chi connectivity index (χ0v) is 21.3. The highest BCUT2D eigenvalue weighted by Crippen LogP contribution is 2.34. The molecule has 0 amide bonds. The molecule has 0 bridgehead atoms. The quantitative estimate of drug-likeness (QED) is 0.209. The maximum Gasteiger partial charge on any atom is 0.339 e. The van der Waals surface area contributed by atoms with Crippen LogP contribution in [0.5, 0.6) is 11.5 Å². The Balaban J connectivity index is 1.63. The number of aromatic nitrogens is 2. The van der Waals surface area contributed by atoms with Crippen LogP contribution >= 0.6 is 0 Å². The van der Waals surface area contributed by atoms with Gasteiger partial charge in [0.05, 0.1) is 16.9 Å². The van der Waals surface area contributed by atoms with Gasteiger partial charge in [-0.2, -0.15) is 0 Å². The van der Waals surface area contributed by atoms with Crippen LogP contribution in [0.15, 0.2) is 84.9 Å². The van der Waals surface area contributed by atoms with Crippen molar-refractivity contribution < 1.29 is 30.0 Å². The van der Waals surface area contributed by atoms with Gasteiger partial charge < -0.3 is 29.6 Å². The summed E-state index contributed by atoms with van der Waals surface area (Å²) >= 11 is 0. The van der Waals surface area contributed by atoms with E-state index in [1.807, 2.05) is 65.4 Å². The van der Waals surface area contributed by atoms with Crippen LogP contribution < -0.4 is 0 Å². The molecule has 0 radical (unpaired) electrons. The first kappa shape index (κ1) is 25.4. The first-order valence-corrected chi connectivity index (χ1v) is 12.2. The van der Waals surface area contributed by atoms with Crippen LogP contribution in [0.1, 0.15) is 43.4 Å². The minimum absolute atomic E-state index is 0.000187. The fraction of sp³-hybridized carbons (Fsp3) is 0.0968. The van der Waals surface area contributed by atoms with Gasteiger partial charge in [0.1, 0.15) is 17.1 Å². The van der Waals surface area contributed by atoms with Gasteiger partial charge in [-0.1, -0.05) is 30.3 Å². The second kappa shape index (κ2) is 9.90. The normalized spacial score (nSPS) is 11.0. The largest absolute Gasteiger partial charge is 0.507 e. The number of carboxylic acid groups (broad SMARTS) is 2. The van der Waals surface area contributed by atoms with Gasteiger partial charge in [0.2, 0.25) is 0 Å². The molecule has 2 aromatic heterocycles. The molecule has 0 aliphatic heterocycles. The van der Waals surface area contributed by atoms with E-state index in [4.69, 9.17) is 0 Å². The second-order valence-electron chi connectivity index (χ2n) is 9.34. The Hall–Kier alpha value is -5.24. The van der Waals surface area contributed by atoms with E-state index >= 15 is 0 Å². The Morgan fingerprint density at radius 2 is 1.49 bits per heavy atom. The summed E-state index contributed by atoms with van der Waals surface area (Å²) in [6, 6.07) is 24.5. The fourth-order valence-corrected chi connectivity index (χ4v) is 4.95. The number of carbonyl (C=O) groups is 2. The van der Waals surface area contributed by atoms with Crippen molar-refractivity contribution in [1.82, 2.24) is 9.13 Å². The summed E-state index contributed by atoms with van der Waals surface area (Å²) in [5.74, 6) is -2.78. The maximum atomic E-state index is 11.4. The molecule has 39 heavy (non-hydrogen) atoms. The molecule has 0 spiro atoms. The van der Waals surface area contributed by atoms with Crippen molar-refractivity contribution in [2.24, 2.45) is 0 Å². The molecule has 8 nitrogen and oxygen atoms in total. The number of hydrogen-bond donors (Lipinski definition) is 4. The predicted octanol–water partition coefficient (Wildman–Crippen LogP) is 5.95. The lowest BCUT2D eigenvalue weighted by molar-refractivity contribution is 0.0684. The first-order valence-electron chi connectivity index (χ1n) is 12.2. The van der Waals surface area contributed by atoms with Crippen molar-refractivity contribution in [1.29, 1.82) is 0 Å². The van der Waals surface area contributed by atoms with Gasteiger partial charge in [-0.3, -0.25) is 0 Å². The molecule has 5 rings (SSSR count). The van der Waals surface area contributed by atoms with E-state index in [-0.39, 0.29) is 22.6 Å². The summed E-state index contributed by atoms with van der Waals surface area (Å²) in [5, 5.41) is 39.7. The average molecular weight is 523 g/mol. The summed E-state index contributed by atoms with van der Waals surface area (Å²) < 4.78 is 3.88. The zero-order chi connectivity index (χ0) is 27.8. The number of rotatable bonds is 7. The fourth-order valence-electron chi connectivity index (χ4n) is 4.95. The van der Waals surface area contributed by atoms with E-state index in [2.05, 4.69) is 6.07 Å². The van der Waals surface area contributed by atoms with Crippen LogP contribution in [-0.4, -0.2) is 41.5 Å². The number of aromatic hydroxyl groups is 2. The summed E-state index contributed by atoms with van der Waals surface area (Å²) in [5.41, 5.74) is 6.38. The Bertz CT molecular complexity index is 1730. The lowest BCUT2D eigenvalue weighted by atomic mass is 10.1. The molecule has 0 unspecified atom stereocenters. The van der Waals surface area contributed by atoms with Crippen molar-refractivity contribution >= 4 is 11.9 Å². The topological polar surface area (TPSA) is 125 Å². The molecule has 0 saturated heterocycles. The molecule has 2 heterocycles. The Morgan fingerprint density at radius 1 is 0.744 bits per heavy atom. The van der Waals surface area contributed by atoms with Crippen LogP contribution in [0.25, 0.3) is 22.6 Å². The standard InChI is InChI=1S/C31H26N2O6/c1-18-8-10-23(32(18)26-13-9-21(30(36)37)16-29(26)35)14-22-15-27(20-6-4-3-5-7-20)33(19(22)2)24-11-12-25(31(38)39)28(34)17-24/h3-13,15-17,34-35H,14H2,1-2H3,(H,36,37)(H,38,39). The number of nitrogens with zero attached hydrogens (tertiary/aromatic N) is 2. The number of aromatic carboxylic acids is 2. The number of aryl methyl sites for hydroxylation is 1. The molecule has 0 atom stereocenters. The van der Waals surface area contributed by atoms with Crippen LogP contribution in [0, 0.1) is 13.8 Å². The lowest BCUT2D eigenvalue weighted by Crippen LogP contribution is -2.06. The average Bonchev–Trinajstić information content (AvgIpc) is 3.43. The summed E-state index contributed by atoms with van der Waals surface area (Å²) in [6.07, 6.45) is 0.492. The highest BCUT2D eigenvalue weighted by Gasteiger charge is 2.20. The van der Waals surface area contributed by atoms with Gasteiger partial charge in [0, 0.05) is 35.3 Å². The smallest absolute Gasteiger partial charge is 0.339 e. The first-order chi connectivity index (χ1) is 18.7. The number of carboxylic acids is 2. The summed E-state index contributed by atoms with van der Waals surface area (Å²) in [6.45, 7) is 3.87. The minimum Gasteiger partial charge on any atom is -0.507 e. The maximum absolute atomic E-state index is 11.4. The summed E-state index contributed by atoms with van der Waals surface area (Å²) in [4.78, 5) is 22.8. The predicted molar refractivity (Wildman–Crippen MR) is 147 cm³/mol. The van der Waals surface area contributed by atoms with Crippen LogP contribution in [0.3, 0.4) is 0 Å². The van der Waals surface area contributed by atoms with Crippen LogP contribution in [0.2, 0.25) is 0 Å². The van der Waals surface area contributed by atoms with Crippen molar-refractivity contribution in [3.05, 3.63) is 119 Å². The zero-order valence-electron chi connectivity index (χ0n) is 21.3. The van der Waals surface area contributed by atoms with Gasteiger partial charge in [0.25, 0.3) is 0 Å². The Kier molecular flexibility index (Phi) is 6.45. The van der Waals surface area contributed by atoms with E-state index in [0.29, 0.717) is 17.8 Å². The molecular weight excluding hydrogens is 496 g/mol. The molecule has 0 aliphatic rings. The molecule has 5 aromatic rings. The van der Waals surface area contributed by atoms with Crippen LogP contribution in [-0.2, 0) is 6.42 Å². The highest BCUT2D eigenvalue weighted by molar-refractivity contribution is 5.91. The van der Waals surface area contributed by atoms with Gasteiger partial charge in [-0.15, -0.1) is 0 Å². The van der Waals surface area contributed by atoms with Gasteiger partial charge >= 0.3 is 11.9 Å². The Morgan fingerprint density at radius 3 is 2.13 bits per heavy atom.